The normalized spacial score (nSPS) is 16.5. The largest absolute Gasteiger partial charge is 0.348 e. The van der Waals surface area contributed by atoms with Gasteiger partial charge in [-0.05, 0) is 167 Å². The van der Waals surface area contributed by atoms with Crippen LogP contribution in [0.15, 0.2) is 78.7 Å². The predicted molar refractivity (Wildman–Crippen MR) is 202 cm³/mol. The number of aliphatic imine (C=N–C) groups is 2. The van der Waals surface area contributed by atoms with Crippen LogP contribution < -0.4 is 0 Å². The second kappa shape index (κ2) is 15.6. The molecular weight excluding hydrogens is 585 g/mol. The van der Waals surface area contributed by atoms with Crippen molar-refractivity contribution < 1.29 is 0 Å². The van der Waals surface area contributed by atoms with E-state index in [4.69, 9.17) is 9.98 Å². The molecule has 3 aliphatic rings. The third-order valence-corrected chi connectivity index (χ3v) is 9.39. The summed E-state index contributed by atoms with van der Waals surface area (Å²) in [5.74, 6) is 13.0. The van der Waals surface area contributed by atoms with Gasteiger partial charge in [-0.1, -0.05) is 55.4 Å². The number of hydrogen-bond acceptors (Lipinski definition) is 2. The molecule has 8 bridgehead atoms. The number of nitrogens with one attached hydrogen (secondary N) is 2. The molecule has 0 atom stereocenters. The Bertz CT molecular complexity index is 1990. The SMILES string of the molecule is CCC1=C(CC)C2=NC1=C=C=C=C=C1N=C(/C=C/c3[nH]c(c(CC)c3CC)C#CC#Cc3[nH]c(c(CC)c3CC)/C=C\2)C(CC)=C1CC. The van der Waals surface area contributed by atoms with Gasteiger partial charge in [0.25, 0.3) is 0 Å². The van der Waals surface area contributed by atoms with Gasteiger partial charge in [-0.2, -0.15) is 0 Å². The van der Waals surface area contributed by atoms with Gasteiger partial charge in [0, 0.05) is 11.4 Å². The Hall–Kier alpha value is -5.16. The maximum Gasteiger partial charge on any atom is 0.118 e. The average molecular weight is 631 g/mol. The lowest BCUT2D eigenvalue weighted by atomic mass is 9.99. The van der Waals surface area contributed by atoms with Crippen molar-refractivity contribution in [3.8, 4) is 23.7 Å². The van der Waals surface area contributed by atoms with Crippen LogP contribution in [0.2, 0.25) is 0 Å². The summed E-state index contributed by atoms with van der Waals surface area (Å²) in [7, 11) is 0. The van der Waals surface area contributed by atoms with Gasteiger partial charge in [-0.3, -0.25) is 0 Å². The molecule has 5 heterocycles. The van der Waals surface area contributed by atoms with Gasteiger partial charge in [-0.25, -0.2) is 9.98 Å². The molecule has 2 aromatic heterocycles. The number of aromatic amines is 2. The molecule has 0 saturated heterocycles. The van der Waals surface area contributed by atoms with Gasteiger partial charge >= 0.3 is 0 Å². The maximum absolute atomic E-state index is 5.00. The van der Waals surface area contributed by atoms with Gasteiger partial charge in [0.05, 0.1) is 22.8 Å². The van der Waals surface area contributed by atoms with Crippen LogP contribution in [0.4, 0.5) is 0 Å². The van der Waals surface area contributed by atoms with E-state index in [0.717, 1.165) is 97.0 Å². The molecule has 0 fully saturated rings. The molecule has 4 nitrogen and oxygen atoms in total. The lowest BCUT2D eigenvalue weighted by Crippen LogP contribution is -1.96. The summed E-state index contributed by atoms with van der Waals surface area (Å²) in [6.07, 6.45) is 15.7. The van der Waals surface area contributed by atoms with E-state index in [9.17, 15) is 0 Å². The highest BCUT2D eigenvalue weighted by Gasteiger charge is 2.21. The minimum atomic E-state index is 0.812. The summed E-state index contributed by atoms with van der Waals surface area (Å²) < 4.78 is 0. The first-order valence-corrected chi connectivity index (χ1v) is 17.7. The zero-order chi connectivity index (χ0) is 34.2. The number of allylic oxidation sites excluding steroid dienone is 6. The van der Waals surface area contributed by atoms with Crippen LogP contribution >= 0.6 is 0 Å². The number of nitrogens with zero attached hydrogens (tertiary/aromatic N) is 2. The Kier molecular flexibility index (Phi) is 11.1. The molecule has 48 heavy (non-hydrogen) atoms. The standard InChI is InChI=1S/C44H46N4/c1-9-29-33(13-5)41-25-26-42-34(14-6)30(10-2)39(46-42)23-19-20-24-40-32(12-4)36(16-8)44(48-40)28-27-43-35(15-7)31(11-3)38(47-43)22-18-17-21-37(29)45-41/h25-28,45,47H,9-16H2,1-8H3/b26-25-,28-27+,41-25?,42-26?,43-27?,44-28?. The van der Waals surface area contributed by atoms with E-state index in [1.54, 1.807) is 0 Å². The van der Waals surface area contributed by atoms with Crippen LogP contribution in [0.1, 0.15) is 126 Å². The van der Waals surface area contributed by atoms with E-state index in [-0.39, 0.29) is 0 Å². The van der Waals surface area contributed by atoms with E-state index in [1.165, 1.54) is 44.5 Å². The molecule has 0 amide bonds. The smallest absolute Gasteiger partial charge is 0.118 e. The number of hydrogen-bond donors (Lipinski definition) is 2. The first-order valence-electron chi connectivity index (χ1n) is 17.7. The van der Waals surface area contributed by atoms with E-state index in [1.807, 2.05) is 0 Å². The number of H-pyrrole nitrogens is 2. The van der Waals surface area contributed by atoms with Crippen molar-refractivity contribution in [1.29, 1.82) is 0 Å². The Labute approximate surface area is 287 Å². The predicted octanol–water partition coefficient (Wildman–Crippen LogP) is 10.0. The van der Waals surface area contributed by atoms with Gasteiger partial charge in [-0.15, -0.1) is 0 Å². The average Bonchev–Trinajstić information content (AvgIpc) is 3.84. The topological polar surface area (TPSA) is 56.3 Å². The molecule has 0 spiro atoms. The Morgan fingerprint density at radius 2 is 0.833 bits per heavy atom. The second-order valence-electron chi connectivity index (χ2n) is 11.8. The first-order chi connectivity index (χ1) is 23.5. The maximum atomic E-state index is 5.00. The highest BCUT2D eigenvalue weighted by molar-refractivity contribution is 6.14. The van der Waals surface area contributed by atoms with Crippen LogP contribution in [0.25, 0.3) is 12.2 Å². The number of aromatic nitrogens is 2. The molecule has 2 N–H and O–H groups in total. The molecule has 2 aromatic rings. The van der Waals surface area contributed by atoms with E-state index < -0.39 is 0 Å². The molecule has 0 radical (unpaired) electrons. The van der Waals surface area contributed by atoms with Crippen LogP contribution in [0.3, 0.4) is 0 Å². The quantitative estimate of drug-likeness (QED) is 0.215. The highest BCUT2D eigenvalue weighted by atomic mass is 14.8. The summed E-state index contributed by atoms with van der Waals surface area (Å²) in [5, 5.41) is 0. The van der Waals surface area contributed by atoms with Crippen molar-refractivity contribution in [2.24, 2.45) is 9.98 Å². The van der Waals surface area contributed by atoms with Crippen molar-refractivity contribution in [3.05, 3.63) is 114 Å². The van der Waals surface area contributed by atoms with E-state index in [0.29, 0.717) is 0 Å². The molecule has 0 unspecified atom stereocenters. The van der Waals surface area contributed by atoms with Crippen molar-refractivity contribution >= 4 is 23.6 Å². The lowest BCUT2D eigenvalue weighted by Gasteiger charge is -2.03. The van der Waals surface area contributed by atoms with Crippen LogP contribution in [0.5, 0.6) is 0 Å². The molecule has 3 aliphatic heterocycles. The first kappa shape index (κ1) is 34.2. The van der Waals surface area contributed by atoms with Crippen LogP contribution in [0, 0.1) is 23.7 Å². The fraction of sp³-hybridized carbons (Fsp3) is 0.364. The van der Waals surface area contributed by atoms with E-state index in [2.05, 4.69) is 136 Å². The number of fused-ring (bicyclic) bond motifs is 6. The van der Waals surface area contributed by atoms with Crippen molar-refractivity contribution in [1.82, 2.24) is 9.97 Å². The molecule has 5 rings (SSSR count). The zero-order valence-corrected chi connectivity index (χ0v) is 29.9. The molecule has 0 saturated carbocycles. The van der Waals surface area contributed by atoms with E-state index >= 15 is 0 Å². The van der Waals surface area contributed by atoms with Crippen molar-refractivity contribution in [3.63, 3.8) is 0 Å². The summed E-state index contributed by atoms with van der Waals surface area (Å²) in [4.78, 5) is 17.2. The van der Waals surface area contributed by atoms with Gasteiger partial charge in [0.1, 0.15) is 11.4 Å². The number of rotatable bonds is 8. The monoisotopic (exact) mass is 630 g/mol. The third kappa shape index (κ3) is 6.64. The van der Waals surface area contributed by atoms with Gasteiger partial charge in [0.15, 0.2) is 0 Å². The molecule has 0 aliphatic carbocycles. The minimum Gasteiger partial charge on any atom is -0.348 e. The lowest BCUT2D eigenvalue weighted by molar-refractivity contribution is 1.05. The zero-order valence-electron chi connectivity index (χ0n) is 29.9. The van der Waals surface area contributed by atoms with Crippen molar-refractivity contribution in [2.45, 2.75) is 107 Å². The molecule has 0 aromatic carbocycles. The fourth-order valence-corrected chi connectivity index (χ4v) is 7.12. The third-order valence-electron chi connectivity index (χ3n) is 9.39. The summed E-state index contributed by atoms with van der Waals surface area (Å²) in [6, 6.07) is 0. The Morgan fingerprint density at radius 1 is 0.458 bits per heavy atom. The van der Waals surface area contributed by atoms with Gasteiger partial charge in [0.2, 0.25) is 0 Å². The van der Waals surface area contributed by atoms with Crippen molar-refractivity contribution in [2.75, 3.05) is 0 Å². The molecule has 4 heteroatoms. The van der Waals surface area contributed by atoms with Crippen LogP contribution in [-0.4, -0.2) is 21.4 Å². The summed E-state index contributed by atoms with van der Waals surface area (Å²) in [5.41, 5.74) is 30.3. The highest BCUT2D eigenvalue weighted by Crippen LogP contribution is 2.32. The molecular formula is C44H46N4. The van der Waals surface area contributed by atoms with Gasteiger partial charge < -0.3 is 9.97 Å². The second-order valence-corrected chi connectivity index (χ2v) is 11.8. The minimum absolute atomic E-state index is 0.812. The van der Waals surface area contributed by atoms with Crippen LogP contribution in [-0.2, 0) is 25.7 Å². The Morgan fingerprint density at radius 3 is 1.17 bits per heavy atom. The summed E-state index contributed by atoms with van der Waals surface area (Å²) in [6.45, 7) is 17.5. The molecule has 242 valence electrons. The summed E-state index contributed by atoms with van der Waals surface area (Å²) >= 11 is 0. The Balaban J connectivity index is 1.78. The fourth-order valence-electron chi connectivity index (χ4n) is 7.12.